The smallest absolute Gasteiger partial charge is 0.231 e. The van der Waals surface area contributed by atoms with Gasteiger partial charge in [0.15, 0.2) is 23.3 Å². The molecule has 0 saturated carbocycles. The van der Waals surface area contributed by atoms with Gasteiger partial charge in [0.1, 0.15) is 5.88 Å². The van der Waals surface area contributed by atoms with E-state index in [-0.39, 0.29) is 5.88 Å². The Balaban J connectivity index is 1.40. The highest BCUT2D eigenvalue weighted by molar-refractivity contribution is 5.44. The summed E-state index contributed by atoms with van der Waals surface area (Å²) in [6.45, 7) is 4.87. The van der Waals surface area contributed by atoms with Gasteiger partial charge in [-0.1, -0.05) is 10.7 Å². The number of fused-ring (bicyclic) bond motifs is 1. The summed E-state index contributed by atoms with van der Waals surface area (Å²) in [6, 6.07) is 6.59. The molecule has 0 bridgehead atoms. The summed E-state index contributed by atoms with van der Waals surface area (Å²) in [6.07, 6.45) is 2.56. The van der Waals surface area contributed by atoms with Gasteiger partial charge in [0.05, 0.1) is 6.54 Å². The molecule has 24 heavy (non-hydrogen) atoms. The van der Waals surface area contributed by atoms with E-state index in [0.29, 0.717) is 12.8 Å². The van der Waals surface area contributed by atoms with Crippen LogP contribution in [0.5, 0.6) is 11.5 Å². The molecule has 1 fully saturated rings. The summed E-state index contributed by atoms with van der Waals surface area (Å²) in [7, 11) is 0. The summed E-state index contributed by atoms with van der Waals surface area (Å²) >= 11 is 0. The average Bonchev–Trinajstić information content (AvgIpc) is 3.22. The monoisotopic (exact) mass is 331 g/mol. The second-order valence-corrected chi connectivity index (χ2v) is 6.12. The Labute approximate surface area is 140 Å². The van der Waals surface area contributed by atoms with Crippen molar-refractivity contribution in [3.63, 3.8) is 0 Å². The lowest BCUT2D eigenvalue weighted by Crippen LogP contribution is -2.54. The molecule has 2 N–H and O–H groups in total. The van der Waals surface area contributed by atoms with Crippen LogP contribution in [0.2, 0.25) is 0 Å². The molecule has 0 spiro atoms. The zero-order chi connectivity index (χ0) is 16.4. The van der Waals surface area contributed by atoms with Crippen LogP contribution in [0.25, 0.3) is 5.73 Å². The Hall–Kier alpha value is -2.32. The average molecular weight is 331 g/mol. The van der Waals surface area contributed by atoms with Crippen molar-refractivity contribution in [2.24, 2.45) is 0 Å². The lowest BCUT2D eigenvalue weighted by Gasteiger charge is -2.35. The van der Waals surface area contributed by atoms with E-state index in [1.54, 1.807) is 10.9 Å². The van der Waals surface area contributed by atoms with Gasteiger partial charge in [-0.05, 0) is 24.1 Å². The number of rotatable bonds is 5. The van der Waals surface area contributed by atoms with Crippen LogP contribution in [-0.4, -0.2) is 49.2 Å². The van der Waals surface area contributed by atoms with Crippen LogP contribution in [0.1, 0.15) is 5.56 Å². The van der Waals surface area contributed by atoms with E-state index in [2.05, 4.69) is 27.6 Å². The van der Waals surface area contributed by atoms with Crippen molar-refractivity contribution in [1.29, 1.82) is 0 Å². The van der Waals surface area contributed by atoms with Crippen LogP contribution in [0.3, 0.4) is 0 Å². The second-order valence-electron chi connectivity index (χ2n) is 6.12. The highest BCUT2D eigenvalue weighted by Crippen LogP contribution is 2.33. The van der Waals surface area contributed by atoms with Gasteiger partial charge in [0, 0.05) is 25.7 Å². The predicted octanol–water partition coefficient (Wildman–Crippen LogP) is 0.891. The minimum atomic E-state index is 0.0900. The van der Waals surface area contributed by atoms with Crippen LogP contribution < -0.4 is 19.5 Å². The molecular weight excluding hydrogens is 310 g/mol. The first-order valence-electron chi connectivity index (χ1n) is 8.19. The highest BCUT2D eigenvalue weighted by Gasteiger charge is 2.24. The number of hydrogen-bond acceptors (Lipinski definition) is 6. The standard InChI is InChI=1S/C16H21N5O3/c17-16-10-21(19-24-16)6-5-20-4-3-18-9-13(20)7-12-1-2-14-15(8-12)23-11-22-14/h1-2,8,10,13,17-18H,3-7,9,11H2. The topological polar surface area (TPSA) is 87.4 Å². The summed E-state index contributed by atoms with van der Waals surface area (Å²) < 4.78 is 17.3. The molecule has 0 radical (unpaired) electrons. The molecule has 1 aromatic carbocycles. The first-order valence-corrected chi connectivity index (χ1v) is 8.19. The van der Waals surface area contributed by atoms with Crippen molar-refractivity contribution < 1.29 is 18.7 Å². The van der Waals surface area contributed by atoms with Gasteiger partial charge in [-0.2, -0.15) is 0 Å². The van der Waals surface area contributed by atoms with Crippen molar-refractivity contribution in [3.8, 4) is 11.5 Å². The molecule has 0 amide bonds. The maximum absolute atomic E-state index is 7.39. The molecule has 2 aliphatic heterocycles. The molecule has 1 unspecified atom stereocenters. The number of benzene rings is 1. The maximum atomic E-state index is 7.39. The van der Waals surface area contributed by atoms with E-state index in [4.69, 9.17) is 19.7 Å². The van der Waals surface area contributed by atoms with Crippen molar-refractivity contribution in [2.45, 2.75) is 19.0 Å². The Morgan fingerprint density at radius 3 is 3.12 bits per heavy atom. The summed E-state index contributed by atoms with van der Waals surface area (Å²) in [5.41, 5.74) is 8.64. The molecule has 1 aromatic heterocycles. The molecule has 8 heteroatoms. The first-order chi connectivity index (χ1) is 11.8. The third kappa shape index (κ3) is 3.29. The molecular formula is C16H21N5O3. The van der Waals surface area contributed by atoms with Crippen molar-refractivity contribution in [1.82, 2.24) is 15.5 Å². The molecule has 3 heterocycles. The van der Waals surface area contributed by atoms with Crippen LogP contribution in [0, 0.1) is 0 Å². The molecule has 1 atom stereocenters. The fraction of sp³-hybridized carbons (Fsp3) is 0.500. The number of nitrogens with one attached hydrogen (secondary N) is 2. The van der Waals surface area contributed by atoms with Crippen LogP contribution in [-0.2, 0) is 13.0 Å². The number of ether oxygens (including phenoxy) is 2. The molecule has 1 saturated heterocycles. The second kappa shape index (κ2) is 6.66. The number of nitrogens with zero attached hydrogens (tertiary/aromatic N) is 3. The SMILES string of the molecule is [NH-]c1c[n+](CCN2CCNCC2Cc2ccc3c(c2)OCO3)no1. The quantitative estimate of drug-likeness (QED) is 0.819. The fourth-order valence-electron chi connectivity index (χ4n) is 3.25. The van der Waals surface area contributed by atoms with Crippen LogP contribution in [0.4, 0.5) is 5.88 Å². The highest BCUT2D eigenvalue weighted by atomic mass is 16.7. The van der Waals surface area contributed by atoms with Gasteiger partial charge in [-0.3, -0.25) is 4.90 Å². The van der Waals surface area contributed by atoms with Gasteiger partial charge in [-0.25, -0.2) is 0 Å². The first kappa shape index (κ1) is 15.2. The number of piperazine rings is 1. The molecule has 2 aromatic rings. The zero-order valence-corrected chi connectivity index (χ0v) is 13.4. The van der Waals surface area contributed by atoms with Crippen molar-refractivity contribution >= 4 is 5.88 Å². The maximum Gasteiger partial charge on any atom is 0.231 e. The third-order valence-corrected chi connectivity index (χ3v) is 4.51. The molecule has 128 valence electrons. The zero-order valence-electron chi connectivity index (χ0n) is 13.4. The van der Waals surface area contributed by atoms with Crippen LogP contribution in [0.15, 0.2) is 28.9 Å². The lowest BCUT2D eigenvalue weighted by atomic mass is 10.0. The third-order valence-electron chi connectivity index (χ3n) is 4.51. The minimum Gasteiger partial charge on any atom is -0.660 e. The Kier molecular flexibility index (Phi) is 4.22. The lowest BCUT2D eigenvalue weighted by molar-refractivity contribution is -0.761. The van der Waals surface area contributed by atoms with Crippen molar-refractivity contribution in [2.75, 3.05) is 33.0 Å². The Bertz CT molecular complexity index is 705. The summed E-state index contributed by atoms with van der Waals surface area (Å²) in [5.74, 6) is 1.75. The van der Waals surface area contributed by atoms with E-state index in [9.17, 15) is 0 Å². The molecule has 8 nitrogen and oxygen atoms in total. The van der Waals surface area contributed by atoms with Gasteiger partial charge in [0.2, 0.25) is 13.0 Å². The number of hydrogen-bond donors (Lipinski definition) is 1. The van der Waals surface area contributed by atoms with Gasteiger partial charge < -0.3 is 25.0 Å². The van der Waals surface area contributed by atoms with E-state index in [1.807, 2.05) is 6.07 Å². The van der Waals surface area contributed by atoms with Gasteiger partial charge in [0.25, 0.3) is 0 Å². The predicted molar refractivity (Wildman–Crippen MR) is 85.2 cm³/mol. The summed E-state index contributed by atoms with van der Waals surface area (Å²) in [5, 5.41) is 7.30. The largest absolute Gasteiger partial charge is 0.660 e. The van der Waals surface area contributed by atoms with Gasteiger partial charge in [-0.15, -0.1) is 0 Å². The summed E-state index contributed by atoms with van der Waals surface area (Å²) in [4.78, 5) is 2.46. The molecule has 2 aliphatic rings. The molecule has 4 rings (SSSR count). The van der Waals surface area contributed by atoms with Crippen LogP contribution >= 0.6 is 0 Å². The Morgan fingerprint density at radius 2 is 2.25 bits per heavy atom. The normalized spacial score (nSPS) is 20.4. The number of aromatic nitrogens is 2. The minimum absolute atomic E-state index is 0.0900. The van der Waals surface area contributed by atoms with E-state index < -0.39 is 0 Å². The van der Waals surface area contributed by atoms with E-state index >= 15 is 0 Å². The molecule has 0 aliphatic carbocycles. The van der Waals surface area contributed by atoms with E-state index in [0.717, 1.165) is 50.6 Å². The van der Waals surface area contributed by atoms with Crippen molar-refractivity contribution in [3.05, 3.63) is 35.7 Å². The van der Waals surface area contributed by atoms with Gasteiger partial charge >= 0.3 is 0 Å². The van der Waals surface area contributed by atoms with E-state index in [1.165, 1.54) is 5.56 Å². The fourth-order valence-corrected chi connectivity index (χ4v) is 3.25. The Morgan fingerprint density at radius 1 is 1.33 bits per heavy atom.